The number of rotatable bonds is 4. The van der Waals surface area contributed by atoms with Gasteiger partial charge in [0.15, 0.2) is 5.96 Å². The van der Waals surface area contributed by atoms with E-state index in [9.17, 15) is 0 Å². The molecule has 1 aromatic rings. The van der Waals surface area contributed by atoms with Crippen LogP contribution >= 0.6 is 24.0 Å². The van der Waals surface area contributed by atoms with Crippen LogP contribution in [0.3, 0.4) is 0 Å². The Balaban J connectivity index is 0.00000220. The maximum absolute atomic E-state index is 5.27. The lowest BCUT2D eigenvalue weighted by molar-refractivity contribution is 0.432. The number of hydrogen-bond acceptors (Lipinski definition) is 1. The van der Waals surface area contributed by atoms with E-state index < -0.39 is 0 Å². The van der Waals surface area contributed by atoms with Crippen LogP contribution in [0.15, 0.2) is 35.3 Å². The highest BCUT2D eigenvalue weighted by atomic mass is 127. The first-order chi connectivity index (χ1) is 9.80. The molecule has 3 nitrogen and oxygen atoms in total. The van der Waals surface area contributed by atoms with Gasteiger partial charge in [-0.05, 0) is 18.4 Å². The van der Waals surface area contributed by atoms with Crippen molar-refractivity contribution in [3.63, 3.8) is 0 Å². The van der Waals surface area contributed by atoms with E-state index in [1.54, 1.807) is 7.05 Å². The average Bonchev–Trinajstić information content (AvgIpc) is 2.98. The number of hydrogen-bond donors (Lipinski definition) is 2. The van der Waals surface area contributed by atoms with Gasteiger partial charge in [-0.3, -0.25) is 4.99 Å². The van der Waals surface area contributed by atoms with Crippen LogP contribution in [-0.4, -0.2) is 26.1 Å². The van der Waals surface area contributed by atoms with Crippen molar-refractivity contribution < 1.29 is 0 Å². The predicted molar refractivity (Wildman–Crippen MR) is 100 cm³/mol. The third-order valence-corrected chi connectivity index (χ3v) is 4.12. The maximum Gasteiger partial charge on any atom is 0.191 e. The molecular formula is C17H24IN3. The van der Waals surface area contributed by atoms with Crippen molar-refractivity contribution in [1.82, 2.24) is 10.6 Å². The second-order valence-corrected chi connectivity index (χ2v) is 5.34. The SMILES string of the molecule is C#CCNC(=NC)NCC1(c2ccccc2)CCCC1.I. The molecule has 4 heteroatoms. The third kappa shape index (κ3) is 4.63. The Kier molecular flexibility index (Phi) is 7.58. The fourth-order valence-electron chi connectivity index (χ4n) is 3.02. The topological polar surface area (TPSA) is 36.4 Å². The second kappa shape index (κ2) is 8.93. The lowest BCUT2D eigenvalue weighted by Crippen LogP contribution is -2.44. The molecule has 0 amide bonds. The number of terminal acetylenes is 1. The maximum atomic E-state index is 5.27. The van der Waals surface area contributed by atoms with E-state index in [-0.39, 0.29) is 29.4 Å². The Morgan fingerprint density at radius 2 is 1.90 bits per heavy atom. The molecule has 0 heterocycles. The summed E-state index contributed by atoms with van der Waals surface area (Å²) in [6.45, 7) is 1.40. The van der Waals surface area contributed by atoms with Crippen molar-refractivity contribution in [2.75, 3.05) is 20.1 Å². The van der Waals surface area contributed by atoms with Crippen molar-refractivity contribution in [2.24, 2.45) is 4.99 Å². The zero-order chi connectivity index (χ0) is 14.3. The molecule has 21 heavy (non-hydrogen) atoms. The van der Waals surface area contributed by atoms with E-state index in [4.69, 9.17) is 6.42 Å². The standard InChI is InChI=1S/C17H23N3.HI/c1-3-13-19-16(18-2)20-14-17(11-7-8-12-17)15-9-5-4-6-10-15;/h1,4-6,9-10H,7-8,11-14H2,2H3,(H2,18,19,20);1H. The molecule has 0 aromatic heterocycles. The Hall–Kier alpha value is -1.22. The van der Waals surface area contributed by atoms with Crippen LogP contribution in [0.2, 0.25) is 0 Å². The number of guanidine groups is 1. The summed E-state index contributed by atoms with van der Waals surface area (Å²) in [6.07, 6.45) is 10.3. The summed E-state index contributed by atoms with van der Waals surface area (Å²) in [4.78, 5) is 4.21. The largest absolute Gasteiger partial charge is 0.355 e. The lowest BCUT2D eigenvalue weighted by Gasteiger charge is -2.30. The Bertz CT molecular complexity index is 485. The summed E-state index contributed by atoms with van der Waals surface area (Å²) in [5, 5.41) is 6.54. The van der Waals surface area contributed by atoms with Gasteiger partial charge in [0.2, 0.25) is 0 Å². The van der Waals surface area contributed by atoms with Crippen molar-refractivity contribution in [3.8, 4) is 12.3 Å². The molecule has 2 rings (SSSR count). The van der Waals surface area contributed by atoms with Gasteiger partial charge in [-0.15, -0.1) is 30.4 Å². The van der Waals surface area contributed by atoms with Crippen LogP contribution in [0, 0.1) is 12.3 Å². The molecule has 0 aliphatic heterocycles. The molecule has 0 radical (unpaired) electrons. The van der Waals surface area contributed by atoms with E-state index in [1.807, 2.05) is 0 Å². The Morgan fingerprint density at radius 3 is 2.48 bits per heavy atom. The number of benzene rings is 1. The van der Waals surface area contributed by atoms with Gasteiger partial charge in [-0.2, -0.15) is 0 Å². The molecule has 0 spiro atoms. The quantitative estimate of drug-likeness (QED) is 0.355. The minimum atomic E-state index is 0. The summed E-state index contributed by atoms with van der Waals surface area (Å²) in [5.41, 5.74) is 1.66. The molecule has 0 saturated heterocycles. The fourth-order valence-corrected chi connectivity index (χ4v) is 3.02. The van der Waals surface area contributed by atoms with Crippen LogP contribution in [-0.2, 0) is 5.41 Å². The first-order valence-corrected chi connectivity index (χ1v) is 7.24. The average molecular weight is 397 g/mol. The van der Waals surface area contributed by atoms with E-state index in [0.717, 1.165) is 12.5 Å². The summed E-state index contributed by atoms with van der Waals surface area (Å²) >= 11 is 0. The van der Waals surface area contributed by atoms with Crippen LogP contribution in [0.1, 0.15) is 31.2 Å². The second-order valence-electron chi connectivity index (χ2n) is 5.34. The van der Waals surface area contributed by atoms with Gasteiger partial charge < -0.3 is 10.6 Å². The van der Waals surface area contributed by atoms with Gasteiger partial charge >= 0.3 is 0 Å². The fraction of sp³-hybridized carbons (Fsp3) is 0.471. The van der Waals surface area contributed by atoms with Gasteiger partial charge in [-0.1, -0.05) is 49.1 Å². The number of nitrogens with one attached hydrogen (secondary N) is 2. The van der Waals surface area contributed by atoms with Gasteiger partial charge in [-0.25, -0.2) is 0 Å². The van der Waals surface area contributed by atoms with E-state index >= 15 is 0 Å². The first kappa shape index (κ1) is 17.8. The molecule has 1 aromatic carbocycles. The summed E-state index contributed by atoms with van der Waals surface area (Å²) in [6, 6.07) is 10.8. The van der Waals surface area contributed by atoms with Crippen molar-refractivity contribution in [2.45, 2.75) is 31.1 Å². The molecule has 2 N–H and O–H groups in total. The highest BCUT2D eigenvalue weighted by Crippen LogP contribution is 2.40. The minimum Gasteiger partial charge on any atom is -0.355 e. The van der Waals surface area contributed by atoms with E-state index in [1.165, 1.54) is 31.2 Å². The number of nitrogens with zero attached hydrogens (tertiary/aromatic N) is 1. The molecule has 0 bridgehead atoms. The van der Waals surface area contributed by atoms with Crippen LogP contribution in [0.25, 0.3) is 0 Å². The number of aliphatic imine (C=N–C) groups is 1. The monoisotopic (exact) mass is 397 g/mol. The Morgan fingerprint density at radius 1 is 1.24 bits per heavy atom. The highest BCUT2D eigenvalue weighted by molar-refractivity contribution is 14.0. The third-order valence-electron chi connectivity index (χ3n) is 4.12. The zero-order valence-electron chi connectivity index (χ0n) is 12.6. The Labute approximate surface area is 145 Å². The van der Waals surface area contributed by atoms with Gasteiger partial charge in [0.1, 0.15) is 0 Å². The van der Waals surface area contributed by atoms with Gasteiger partial charge in [0, 0.05) is 19.0 Å². The molecular weight excluding hydrogens is 373 g/mol. The van der Waals surface area contributed by atoms with Crippen LogP contribution < -0.4 is 10.6 Å². The lowest BCUT2D eigenvalue weighted by atomic mass is 9.79. The molecule has 0 unspecified atom stereocenters. The van der Waals surface area contributed by atoms with Gasteiger partial charge in [0.25, 0.3) is 0 Å². The molecule has 0 atom stereocenters. The molecule has 1 saturated carbocycles. The van der Waals surface area contributed by atoms with Crippen LogP contribution in [0.5, 0.6) is 0 Å². The molecule has 1 aliphatic rings. The van der Waals surface area contributed by atoms with E-state index in [2.05, 4.69) is 51.9 Å². The molecule has 1 aliphatic carbocycles. The minimum absolute atomic E-state index is 0. The predicted octanol–water partition coefficient (Wildman–Crippen LogP) is 2.91. The molecule has 1 fully saturated rings. The zero-order valence-corrected chi connectivity index (χ0v) is 14.9. The van der Waals surface area contributed by atoms with Gasteiger partial charge in [0.05, 0.1) is 6.54 Å². The number of halogens is 1. The molecule has 114 valence electrons. The summed E-state index contributed by atoms with van der Waals surface area (Å²) in [7, 11) is 1.77. The first-order valence-electron chi connectivity index (χ1n) is 7.24. The summed E-state index contributed by atoms with van der Waals surface area (Å²) in [5.74, 6) is 3.35. The van der Waals surface area contributed by atoms with E-state index in [0.29, 0.717) is 6.54 Å². The van der Waals surface area contributed by atoms with Crippen molar-refractivity contribution in [3.05, 3.63) is 35.9 Å². The smallest absolute Gasteiger partial charge is 0.191 e. The highest BCUT2D eigenvalue weighted by Gasteiger charge is 2.35. The normalized spacial score (nSPS) is 16.7. The van der Waals surface area contributed by atoms with Crippen molar-refractivity contribution in [1.29, 1.82) is 0 Å². The summed E-state index contributed by atoms with van der Waals surface area (Å²) < 4.78 is 0. The van der Waals surface area contributed by atoms with Crippen molar-refractivity contribution >= 4 is 29.9 Å². The van der Waals surface area contributed by atoms with Crippen LogP contribution in [0.4, 0.5) is 0 Å².